The van der Waals surface area contributed by atoms with Gasteiger partial charge >= 0.3 is 179 Å². The average molecular weight is 485 g/mol. The first-order chi connectivity index (χ1) is 13.1. The molecule has 0 saturated heterocycles. The fourth-order valence-electron chi connectivity index (χ4n) is 4.77. The first-order valence-corrected chi connectivity index (χ1v) is 13.6. The zero-order chi connectivity index (χ0) is 20.7. The van der Waals surface area contributed by atoms with Gasteiger partial charge in [-0.15, -0.1) is 0 Å². The zero-order valence-corrected chi connectivity index (χ0v) is 21.2. The molecule has 0 aliphatic carbocycles. The Balaban J connectivity index is 2.45. The molecule has 3 aromatic rings. The Hall–Kier alpha value is -1.55. The van der Waals surface area contributed by atoms with Crippen molar-refractivity contribution in [3.05, 3.63) is 86.5 Å². The van der Waals surface area contributed by atoms with E-state index in [0.717, 1.165) is 0 Å². The molecule has 146 valence electrons. The minimum atomic E-state index is -2.03. The van der Waals surface area contributed by atoms with Crippen molar-refractivity contribution in [1.29, 1.82) is 0 Å². The monoisotopic (exact) mass is 487 g/mol. The van der Waals surface area contributed by atoms with Crippen LogP contribution in [-0.4, -0.2) is 19.6 Å². The molecule has 0 spiro atoms. The molecule has 0 aromatic heterocycles. The van der Waals surface area contributed by atoms with Gasteiger partial charge in [0, 0.05) is 0 Å². The molecule has 0 aliphatic heterocycles. The Kier molecular flexibility index (Phi) is 6.09. The van der Waals surface area contributed by atoms with Crippen molar-refractivity contribution in [3.63, 3.8) is 0 Å². The third-order valence-electron chi connectivity index (χ3n) is 5.43. The van der Waals surface area contributed by atoms with Gasteiger partial charge in [-0.05, 0) is 0 Å². The zero-order valence-electron chi connectivity index (χ0n) is 18.9. The second-order valence-corrected chi connectivity index (χ2v) is 13.7. The molecule has 0 atom stereocenters. The van der Waals surface area contributed by atoms with E-state index in [1.54, 1.807) is 10.8 Å². The molecule has 0 heterocycles. The predicted octanol–water partition coefficient (Wildman–Crippen LogP) is 4.98. The van der Waals surface area contributed by atoms with E-state index in [0.29, 0.717) is 0 Å². The van der Waals surface area contributed by atoms with Crippen molar-refractivity contribution in [1.82, 2.24) is 0 Å². The molecule has 0 aliphatic rings. The summed E-state index contributed by atoms with van der Waals surface area (Å²) >= 11 is -2.03. The van der Waals surface area contributed by atoms with E-state index in [2.05, 4.69) is 98.7 Å². The standard InChI is InChI=1S/C27H33Te/c1-16-10-19(4)25(20(5)11-16)28(26-21(6)12-17(2)13-22(26)7)27-23(8)14-18(3)15-24(27)9/h10-15H,1-9H3/q+1. The van der Waals surface area contributed by atoms with Crippen molar-refractivity contribution < 1.29 is 0 Å². The second kappa shape index (κ2) is 8.06. The SMILES string of the molecule is Cc1cc(C)c([Te+](c2c(C)cc(C)cc2C)c2c(C)cc(C)cc2C)c(C)c1. The minimum absolute atomic E-state index is 1.37. The Morgan fingerprint density at radius 1 is 0.357 bits per heavy atom. The van der Waals surface area contributed by atoms with Crippen LogP contribution < -0.4 is 10.8 Å². The molecule has 0 saturated carbocycles. The molecule has 0 nitrogen and oxygen atoms in total. The van der Waals surface area contributed by atoms with Gasteiger partial charge in [0.1, 0.15) is 0 Å². The van der Waals surface area contributed by atoms with Gasteiger partial charge in [0.25, 0.3) is 0 Å². The first kappa shape index (κ1) is 21.2. The van der Waals surface area contributed by atoms with Gasteiger partial charge in [-0.3, -0.25) is 0 Å². The van der Waals surface area contributed by atoms with Crippen molar-refractivity contribution in [3.8, 4) is 0 Å². The van der Waals surface area contributed by atoms with Crippen molar-refractivity contribution >= 4 is 30.4 Å². The molecule has 1 heteroatoms. The number of hydrogen-bond donors (Lipinski definition) is 0. The molecule has 0 radical (unpaired) electrons. The second-order valence-electron chi connectivity index (χ2n) is 8.49. The summed E-state index contributed by atoms with van der Waals surface area (Å²) in [5, 5.41) is 0. The van der Waals surface area contributed by atoms with Gasteiger partial charge < -0.3 is 0 Å². The Labute approximate surface area is 178 Å². The predicted molar refractivity (Wildman–Crippen MR) is 127 cm³/mol. The quantitative estimate of drug-likeness (QED) is 0.460. The topological polar surface area (TPSA) is 0 Å². The van der Waals surface area contributed by atoms with Crippen LogP contribution in [0.15, 0.2) is 36.4 Å². The van der Waals surface area contributed by atoms with E-state index in [1.807, 2.05) is 0 Å². The van der Waals surface area contributed by atoms with Gasteiger partial charge in [-0.1, -0.05) is 0 Å². The maximum atomic E-state index is 2.38. The molecular weight excluding hydrogens is 452 g/mol. The first-order valence-electron chi connectivity index (χ1n) is 10.1. The number of rotatable bonds is 3. The number of hydrogen-bond acceptors (Lipinski definition) is 0. The van der Waals surface area contributed by atoms with Gasteiger partial charge in [0.2, 0.25) is 0 Å². The van der Waals surface area contributed by atoms with Crippen LogP contribution in [-0.2, 0) is 0 Å². The molecule has 3 rings (SSSR count). The number of benzene rings is 3. The van der Waals surface area contributed by atoms with E-state index in [9.17, 15) is 0 Å². The molecule has 0 unspecified atom stereocenters. The Morgan fingerprint density at radius 3 is 0.714 bits per heavy atom. The van der Waals surface area contributed by atoms with Crippen LogP contribution in [0.4, 0.5) is 0 Å². The van der Waals surface area contributed by atoms with Crippen LogP contribution in [0.5, 0.6) is 0 Å². The van der Waals surface area contributed by atoms with E-state index >= 15 is 0 Å². The normalized spacial score (nSPS) is 11.4. The molecule has 0 bridgehead atoms. The summed E-state index contributed by atoms with van der Waals surface area (Å²) in [5.41, 5.74) is 12.9. The van der Waals surface area contributed by atoms with Gasteiger partial charge in [-0.2, -0.15) is 0 Å². The van der Waals surface area contributed by atoms with Crippen molar-refractivity contribution in [2.24, 2.45) is 0 Å². The summed E-state index contributed by atoms with van der Waals surface area (Å²) in [4.78, 5) is 0. The van der Waals surface area contributed by atoms with Crippen LogP contribution >= 0.6 is 0 Å². The average Bonchev–Trinajstić information content (AvgIpc) is 2.51. The van der Waals surface area contributed by atoms with E-state index in [4.69, 9.17) is 0 Å². The third kappa shape index (κ3) is 3.94. The molecule has 3 aromatic carbocycles. The number of aryl methyl sites for hydroxylation is 9. The van der Waals surface area contributed by atoms with Crippen molar-refractivity contribution in [2.45, 2.75) is 62.3 Å². The molecule has 0 N–H and O–H groups in total. The van der Waals surface area contributed by atoms with Crippen LogP contribution in [0, 0.1) is 62.3 Å². The van der Waals surface area contributed by atoms with E-state index in [-0.39, 0.29) is 0 Å². The summed E-state index contributed by atoms with van der Waals surface area (Å²) in [5.74, 6) is 0. The van der Waals surface area contributed by atoms with Gasteiger partial charge in [-0.25, -0.2) is 0 Å². The summed E-state index contributed by atoms with van der Waals surface area (Å²) < 4.78 is 4.91. The summed E-state index contributed by atoms with van der Waals surface area (Å²) in [6.07, 6.45) is 0. The molecule has 28 heavy (non-hydrogen) atoms. The van der Waals surface area contributed by atoms with Crippen LogP contribution in [0.25, 0.3) is 0 Å². The maximum absolute atomic E-state index is 2.38. The molecule has 0 amide bonds. The Morgan fingerprint density at radius 2 is 0.536 bits per heavy atom. The van der Waals surface area contributed by atoms with Crippen LogP contribution in [0.3, 0.4) is 0 Å². The van der Waals surface area contributed by atoms with E-state index < -0.39 is 19.6 Å². The third-order valence-corrected chi connectivity index (χ3v) is 14.4. The molecule has 0 fully saturated rings. The fourth-order valence-corrected chi connectivity index (χ4v) is 13.0. The summed E-state index contributed by atoms with van der Waals surface area (Å²) in [6.45, 7) is 20.6. The van der Waals surface area contributed by atoms with Gasteiger partial charge in [0.15, 0.2) is 0 Å². The Bertz CT molecular complexity index is 850. The summed E-state index contributed by atoms with van der Waals surface area (Å²) in [7, 11) is 0. The fraction of sp³-hybridized carbons (Fsp3) is 0.333. The summed E-state index contributed by atoms with van der Waals surface area (Å²) in [6, 6.07) is 14.3. The van der Waals surface area contributed by atoms with Crippen molar-refractivity contribution in [2.75, 3.05) is 0 Å². The van der Waals surface area contributed by atoms with Gasteiger partial charge in [0.05, 0.1) is 0 Å². The van der Waals surface area contributed by atoms with E-state index in [1.165, 1.54) is 50.1 Å². The van der Waals surface area contributed by atoms with Crippen LogP contribution in [0.2, 0.25) is 0 Å². The molecular formula is C27H33Te+. The van der Waals surface area contributed by atoms with Crippen LogP contribution in [0.1, 0.15) is 50.1 Å².